The summed E-state index contributed by atoms with van der Waals surface area (Å²) in [6, 6.07) is 14.2. The van der Waals surface area contributed by atoms with Gasteiger partial charge in [-0.05, 0) is 24.3 Å². The van der Waals surface area contributed by atoms with Crippen LogP contribution in [0.25, 0.3) is 27.8 Å². The number of benzene rings is 2. The van der Waals surface area contributed by atoms with Gasteiger partial charge in [-0.25, -0.2) is 9.97 Å². The van der Waals surface area contributed by atoms with E-state index in [0.717, 1.165) is 12.1 Å². The number of rotatable bonds is 6. The maximum atomic E-state index is 13.1. The number of carbonyl (C=O) groups is 1. The van der Waals surface area contributed by atoms with E-state index in [1.165, 1.54) is 24.5 Å². The molecule has 3 heterocycles. The minimum absolute atomic E-state index is 0.0157. The van der Waals surface area contributed by atoms with E-state index in [9.17, 15) is 22.8 Å². The number of nitrogens with zero attached hydrogens (tertiary/aromatic N) is 5. The van der Waals surface area contributed by atoms with Crippen molar-refractivity contribution in [1.82, 2.24) is 24.3 Å². The van der Waals surface area contributed by atoms with Crippen LogP contribution in [0.4, 0.5) is 13.2 Å². The van der Waals surface area contributed by atoms with E-state index >= 15 is 0 Å². The average molecular weight is 522 g/mol. The lowest BCUT2D eigenvalue weighted by Crippen LogP contribution is -2.28. The van der Waals surface area contributed by atoms with Gasteiger partial charge in [0.25, 0.3) is 11.5 Å². The van der Waals surface area contributed by atoms with Gasteiger partial charge in [0, 0.05) is 30.4 Å². The van der Waals surface area contributed by atoms with Gasteiger partial charge in [0.2, 0.25) is 5.88 Å². The van der Waals surface area contributed by atoms with Crippen LogP contribution >= 0.6 is 0 Å². The monoisotopic (exact) mass is 522 g/mol. The van der Waals surface area contributed by atoms with Gasteiger partial charge in [-0.1, -0.05) is 30.3 Å². The fraction of sp³-hybridized carbons (Fsp3) is 0.0800. The molecule has 0 radical (unpaired) electrons. The summed E-state index contributed by atoms with van der Waals surface area (Å²) in [5, 5.41) is 4.63. The van der Waals surface area contributed by atoms with E-state index in [2.05, 4.69) is 19.8 Å². The molecule has 13 heteroatoms. The molecule has 2 N–H and O–H groups in total. The summed E-state index contributed by atoms with van der Waals surface area (Å²) in [6.07, 6.45) is -1.90. The van der Waals surface area contributed by atoms with Crippen molar-refractivity contribution in [2.45, 2.75) is 6.36 Å². The van der Waals surface area contributed by atoms with Crippen LogP contribution in [0.1, 0.15) is 10.5 Å². The molecule has 1 amide bonds. The number of amides is 1. The molecule has 192 valence electrons. The zero-order valence-corrected chi connectivity index (χ0v) is 19.5. The zero-order chi connectivity index (χ0) is 27.0. The first-order chi connectivity index (χ1) is 18.1. The summed E-state index contributed by atoms with van der Waals surface area (Å²) < 4.78 is 51.3. The summed E-state index contributed by atoms with van der Waals surface area (Å²) in [4.78, 5) is 33.9. The lowest BCUT2D eigenvalue weighted by atomic mass is 10.0. The molecular weight excluding hydrogens is 505 g/mol. The Morgan fingerprint density at radius 3 is 2.42 bits per heavy atom. The van der Waals surface area contributed by atoms with E-state index < -0.39 is 23.6 Å². The number of fused-ring (bicyclic) bond motifs is 1. The van der Waals surface area contributed by atoms with Gasteiger partial charge < -0.3 is 19.8 Å². The van der Waals surface area contributed by atoms with Crippen molar-refractivity contribution >= 4 is 16.9 Å². The Morgan fingerprint density at radius 1 is 0.974 bits per heavy atom. The van der Waals surface area contributed by atoms with Gasteiger partial charge in [-0.15, -0.1) is 13.2 Å². The van der Waals surface area contributed by atoms with Crippen molar-refractivity contribution in [3.05, 3.63) is 89.2 Å². The second-order valence-corrected chi connectivity index (χ2v) is 7.98. The summed E-state index contributed by atoms with van der Waals surface area (Å²) >= 11 is 0. The maximum absolute atomic E-state index is 13.1. The number of aryl methyl sites for hydroxylation is 1. The first-order valence-corrected chi connectivity index (χ1v) is 10.9. The van der Waals surface area contributed by atoms with Gasteiger partial charge in [0.1, 0.15) is 23.4 Å². The van der Waals surface area contributed by atoms with Crippen LogP contribution in [0.5, 0.6) is 17.4 Å². The van der Waals surface area contributed by atoms with Gasteiger partial charge in [-0.3, -0.25) is 9.59 Å². The van der Waals surface area contributed by atoms with E-state index in [4.69, 9.17) is 10.5 Å². The molecule has 0 aliphatic rings. The Hall–Kier alpha value is -5.20. The van der Waals surface area contributed by atoms with Crippen LogP contribution in [0.3, 0.4) is 0 Å². The standard InChI is InChI=1S/C25H17F3N6O4/c1-33-11-10-15-23(33)30-13-31-24(15)37-18-8-4-2-6-14(18)16-12-20(35)34(32-21(16)22(29)36)17-7-3-5-9-19(17)38-25(26,27)28/h2-13H,1H3,(H2,29,36). The van der Waals surface area contributed by atoms with Gasteiger partial charge in [-0.2, -0.15) is 9.78 Å². The normalized spacial score (nSPS) is 11.5. The Morgan fingerprint density at radius 2 is 1.68 bits per heavy atom. The SMILES string of the molecule is Cn1ccc2c(Oc3ccccc3-c3cc(=O)n(-c4ccccc4OC(F)(F)F)nc3C(N)=O)ncnc21. The second-order valence-electron chi connectivity index (χ2n) is 7.98. The third kappa shape index (κ3) is 4.64. The lowest BCUT2D eigenvalue weighted by molar-refractivity contribution is -0.274. The largest absolute Gasteiger partial charge is 0.573 e. The number of alkyl halides is 3. The molecule has 0 bridgehead atoms. The molecule has 3 aromatic heterocycles. The number of hydrogen-bond acceptors (Lipinski definition) is 7. The number of ether oxygens (including phenoxy) is 2. The fourth-order valence-electron chi connectivity index (χ4n) is 3.88. The summed E-state index contributed by atoms with van der Waals surface area (Å²) in [5.41, 5.74) is 4.94. The third-order valence-corrected chi connectivity index (χ3v) is 5.49. The summed E-state index contributed by atoms with van der Waals surface area (Å²) in [6.45, 7) is 0. The van der Waals surface area contributed by atoms with Gasteiger partial charge in [0.05, 0.1) is 5.39 Å². The number of para-hydroxylation sites is 3. The topological polar surface area (TPSA) is 127 Å². The van der Waals surface area contributed by atoms with Crippen LogP contribution in [0.2, 0.25) is 0 Å². The zero-order valence-electron chi connectivity index (χ0n) is 19.5. The van der Waals surface area contributed by atoms with Crippen molar-refractivity contribution in [3.63, 3.8) is 0 Å². The van der Waals surface area contributed by atoms with Gasteiger partial charge >= 0.3 is 6.36 Å². The molecule has 0 unspecified atom stereocenters. The van der Waals surface area contributed by atoms with E-state index in [-0.39, 0.29) is 34.1 Å². The predicted octanol–water partition coefficient (Wildman–Crippen LogP) is 3.97. The molecular formula is C25H17F3N6O4. The molecule has 5 rings (SSSR count). The van der Waals surface area contributed by atoms with Crippen LogP contribution in [-0.4, -0.2) is 36.6 Å². The number of primary amides is 1. The molecule has 0 fully saturated rings. The molecule has 0 aliphatic carbocycles. The number of aromatic nitrogens is 5. The summed E-state index contributed by atoms with van der Waals surface area (Å²) in [7, 11) is 1.81. The quantitative estimate of drug-likeness (QED) is 0.358. The van der Waals surface area contributed by atoms with E-state index in [1.54, 1.807) is 41.1 Å². The molecule has 10 nitrogen and oxygen atoms in total. The van der Waals surface area contributed by atoms with Crippen LogP contribution < -0.4 is 20.8 Å². The molecule has 0 aliphatic heterocycles. The highest BCUT2D eigenvalue weighted by Gasteiger charge is 2.32. The fourth-order valence-corrected chi connectivity index (χ4v) is 3.88. The Labute approximate surface area is 211 Å². The van der Waals surface area contributed by atoms with E-state index in [1.807, 2.05) is 7.05 Å². The third-order valence-electron chi connectivity index (χ3n) is 5.49. The van der Waals surface area contributed by atoms with Crippen molar-refractivity contribution in [2.75, 3.05) is 0 Å². The van der Waals surface area contributed by atoms with Crippen molar-refractivity contribution < 1.29 is 27.4 Å². The van der Waals surface area contributed by atoms with Crippen molar-refractivity contribution in [3.8, 4) is 34.2 Å². The molecule has 38 heavy (non-hydrogen) atoms. The Balaban J connectivity index is 1.64. The van der Waals surface area contributed by atoms with E-state index in [0.29, 0.717) is 15.7 Å². The number of nitrogens with two attached hydrogens (primary N) is 1. The Kier molecular flexibility index (Phi) is 6.03. The molecule has 0 atom stereocenters. The first kappa shape index (κ1) is 24.5. The van der Waals surface area contributed by atoms with Crippen LogP contribution in [0.15, 0.2) is 78.0 Å². The minimum Gasteiger partial charge on any atom is -0.438 e. The van der Waals surface area contributed by atoms with Crippen molar-refractivity contribution in [2.24, 2.45) is 12.8 Å². The molecule has 5 aromatic rings. The second kappa shape index (κ2) is 9.35. The predicted molar refractivity (Wildman–Crippen MR) is 129 cm³/mol. The van der Waals surface area contributed by atoms with Gasteiger partial charge in [0.15, 0.2) is 11.4 Å². The minimum atomic E-state index is -5.02. The number of carbonyl (C=O) groups excluding carboxylic acids is 1. The molecule has 0 spiro atoms. The maximum Gasteiger partial charge on any atom is 0.573 e. The first-order valence-electron chi connectivity index (χ1n) is 10.9. The Bertz CT molecular complexity index is 1750. The average Bonchev–Trinajstić information content (AvgIpc) is 3.25. The molecule has 2 aromatic carbocycles. The highest BCUT2D eigenvalue weighted by Crippen LogP contribution is 2.36. The molecule has 0 saturated carbocycles. The highest BCUT2D eigenvalue weighted by molar-refractivity contribution is 5.98. The summed E-state index contributed by atoms with van der Waals surface area (Å²) in [5.74, 6) is -1.26. The van der Waals surface area contributed by atoms with Crippen LogP contribution in [0, 0.1) is 0 Å². The number of hydrogen-bond donors (Lipinski definition) is 1. The lowest BCUT2D eigenvalue weighted by Gasteiger charge is -2.16. The smallest absolute Gasteiger partial charge is 0.438 e. The van der Waals surface area contributed by atoms with Crippen LogP contribution in [-0.2, 0) is 7.05 Å². The highest BCUT2D eigenvalue weighted by atomic mass is 19.4. The number of halogens is 3. The molecule has 0 saturated heterocycles. The van der Waals surface area contributed by atoms with Crippen molar-refractivity contribution in [1.29, 1.82) is 0 Å².